The Hall–Kier alpha value is -2.95. The second-order valence-electron chi connectivity index (χ2n) is 5.92. The number of carbonyl (C=O) groups excluding carboxylic acids is 3. The largest absolute Gasteiger partial charge is 0.490 e. The van der Waals surface area contributed by atoms with Crippen molar-refractivity contribution in [3.8, 4) is 5.75 Å². The lowest BCUT2D eigenvalue weighted by Gasteiger charge is -2.30. The van der Waals surface area contributed by atoms with Crippen LogP contribution >= 0.6 is 0 Å². The van der Waals surface area contributed by atoms with Crippen LogP contribution < -0.4 is 9.64 Å². The first-order chi connectivity index (χ1) is 12.1. The maximum Gasteiger partial charge on any atom is 0.227 e. The van der Waals surface area contributed by atoms with E-state index in [0.717, 1.165) is 0 Å². The van der Waals surface area contributed by atoms with Gasteiger partial charge in [-0.2, -0.15) is 0 Å². The molecule has 0 unspecified atom stereocenters. The van der Waals surface area contributed by atoms with Crippen LogP contribution in [0.2, 0.25) is 0 Å². The van der Waals surface area contributed by atoms with Crippen LogP contribution in [-0.4, -0.2) is 30.6 Å². The van der Waals surface area contributed by atoms with Crippen molar-refractivity contribution in [2.45, 2.75) is 19.8 Å². The van der Waals surface area contributed by atoms with Crippen LogP contribution in [-0.2, 0) is 4.79 Å². The van der Waals surface area contributed by atoms with Gasteiger partial charge in [-0.25, -0.2) is 0 Å². The summed E-state index contributed by atoms with van der Waals surface area (Å²) in [6, 6.07) is 14.0. The number of anilines is 1. The first-order valence-corrected chi connectivity index (χ1v) is 8.22. The second kappa shape index (κ2) is 7.30. The highest BCUT2D eigenvalue weighted by Gasteiger charge is 2.25. The van der Waals surface area contributed by atoms with E-state index in [1.807, 2.05) is 6.07 Å². The zero-order valence-electron chi connectivity index (χ0n) is 14.0. The summed E-state index contributed by atoms with van der Waals surface area (Å²) in [5.74, 6) is 0.313. The highest BCUT2D eigenvalue weighted by Crippen LogP contribution is 2.33. The van der Waals surface area contributed by atoms with Crippen LogP contribution in [0.1, 0.15) is 40.5 Å². The zero-order valence-corrected chi connectivity index (χ0v) is 14.0. The van der Waals surface area contributed by atoms with Crippen LogP contribution in [0.5, 0.6) is 5.75 Å². The van der Waals surface area contributed by atoms with Gasteiger partial charge in [-0.05, 0) is 25.1 Å². The number of amides is 1. The van der Waals surface area contributed by atoms with E-state index in [0.29, 0.717) is 35.7 Å². The fourth-order valence-electron chi connectivity index (χ4n) is 2.82. The number of ketones is 2. The molecule has 0 saturated heterocycles. The average molecular weight is 337 g/mol. The Morgan fingerprint density at radius 1 is 1.00 bits per heavy atom. The molecule has 0 saturated carbocycles. The van der Waals surface area contributed by atoms with Gasteiger partial charge in [0.2, 0.25) is 5.91 Å². The molecule has 25 heavy (non-hydrogen) atoms. The Kier molecular flexibility index (Phi) is 4.93. The first-order valence-electron chi connectivity index (χ1n) is 8.22. The van der Waals surface area contributed by atoms with Crippen molar-refractivity contribution in [1.29, 1.82) is 0 Å². The minimum atomic E-state index is -0.144. The van der Waals surface area contributed by atoms with E-state index < -0.39 is 0 Å². The summed E-state index contributed by atoms with van der Waals surface area (Å²) >= 11 is 0. The van der Waals surface area contributed by atoms with E-state index in [1.54, 1.807) is 47.4 Å². The van der Waals surface area contributed by atoms with Gasteiger partial charge in [-0.3, -0.25) is 14.4 Å². The van der Waals surface area contributed by atoms with E-state index in [1.165, 1.54) is 6.92 Å². The topological polar surface area (TPSA) is 63.7 Å². The monoisotopic (exact) mass is 337 g/mol. The Balaban J connectivity index is 1.72. The minimum absolute atomic E-state index is 0.0556. The van der Waals surface area contributed by atoms with E-state index in [2.05, 4.69) is 0 Å². The second-order valence-corrected chi connectivity index (χ2v) is 5.92. The standard InChI is InChI=1S/C20H19NO4/c1-14(22)16-7-9-19-17(13-16)21(11-12-25-19)20(24)10-8-18(23)15-5-3-2-4-6-15/h2-7,9,13H,8,10-12H2,1H3. The SMILES string of the molecule is CC(=O)c1ccc2c(c1)N(C(=O)CCC(=O)c1ccccc1)CCO2. The molecule has 0 aliphatic carbocycles. The van der Waals surface area contributed by atoms with Gasteiger partial charge in [-0.15, -0.1) is 0 Å². The van der Waals surface area contributed by atoms with Crippen LogP contribution in [0.3, 0.4) is 0 Å². The van der Waals surface area contributed by atoms with Gasteiger partial charge < -0.3 is 9.64 Å². The van der Waals surface area contributed by atoms with Crippen LogP contribution in [0.25, 0.3) is 0 Å². The highest BCUT2D eigenvalue weighted by molar-refractivity contribution is 6.02. The van der Waals surface area contributed by atoms with Crippen molar-refractivity contribution >= 4 is 23.2 Å². The molecule has 0 fully saturated rings. The predicted octanol–water partition coefficient (Wildman–Crippen LogP) is 3.28. The van der Waals surface area contributed by atoms with Gasteiger partial charge in [0.15, 0.2) is 11.6 Å². The summed E-state index contributed by atoms with van der Waals surface area (Å²) in [5, 5.41) is 0. The fourth-order valence-corrected chi connectivity index (χ4v) is 2.82. The van der Waals surface area contributed by atoms with Crippen molar-refractivity contribution < 1.29 is 19.1 Å². The van der Waals surface area contributed by atoms with E-state index in [4.69, 9.17) is 4.74 Å². The van der Waals surface area contributed by atoms with Crippen LogP contribution in [0.15, 0.2) is 48.5 Å². The van der Waals surface area contributed by atoms with Gasteiger partial charge in [0.1, 0.15) is 12.4 Å². The normalized spacial score (nSPS) is 12.9. The van der Waals surface area contributed by atoms with Crippen LogP contribution in [0, 0.1) is 0 Å². The fraction of sp³-hybridized carbons (Fsp3) is 0.250. The average Bonchev–Trinajstić information content (AvgIpc) is 2.65. The molecule has 0 bridgehead atoms. The Bertz CT molecular complexity index is 814. The number of hydrogen-bond donors (Lipinski definition) is 0. The molecule has 0 radical (unpaired) electrons. The maximum atomic E-state index is 12.6. The van der Waals surface area contributed by atoms with Crippen molar-refractivity contribution in [3.05, 3.63) is 59.7 Å². The molecule has 5 heteroatoms. The number of rotatable bonds is 5. The minimum Gasteiger partial charge on any atom is -0.490 e. The van der Waals surface area contributed by atoms with Crippen LogP contribution in [0.4, 0.5) is 5.69 Å². The molecular formula is C20H19NO4. The Labute approximate surface area is 146 Å². The molecule has 3 rings (SSSR count). The third-order valence-corrected chi connectivity index (χ3v) is 4.19. The van der Waals surface area contributed by atoms with Gasteiger partial charge in [-0.1, -0.05) is 30.3 Å². The number of ether oxygens (including phenoxy) is 1. The quantitative estimate of drug-likeness (QED) is 0.786. The molecule has 5 nitrogen and oxygen atoms in total. The third-order valence-electron chi connectivity index (χ3n) is 4.19. The third kappa shape index (κ3) is 3.76. The molecule has 0 aromatic heterocycles. The number of fused-ring (bicyclic) bond motifs is 1. The molecule has 0 atom stereocenters. The molecule has 0 spiro atoms. The highest BCUT2D eigenvalue weighted by atomic mass is 16.5. The molecule has 1 aliphatic heterocycles. The summed E-state index contributed by atoms with van der Waals surface area (Å²) in [7, 11) is 0. The number of Topliss-reactive ketones (excluding diaryl/α,β-unsaturated/α-hetero) is 2. The molecule has 1 aliphatic rings. The maximum absolute atomic E-state index is 12.6. The lowest BCUT2D eigenvalue weighted by atomic mass is 10.1. The number of carbonyl (C=O) groups is 3. The lowest BCUT2D eigenvalue weighted by Crippen LogP contribution is -2.38. The van der Waals surface area contributed by atoms with Gasteiger partial charge in [0.25, 0.3) is 0 Å². The summed E-state index contributed by atoms with van der Waals surface area (Å²) in [6.07, 6.45) is 0.277. The van der Waals surface area contributed by atoms with E-state index in [-0.39, 0.29) is 30.3 Å². The van der Waals surface area contributed by atoms with E-state index >= 15 is 0 Å². The van der Waals surface area contributed by atoms with Crippen molar-refractivity contribution in [1.82, 2.24) is 0 Å². The molecule has 0 N–H and O–H groups in total. The first kappa shape index (κ1) is 16.9. The molecule has 1 heterocycles. The number of nitrogens with zero attached hydrogens (tertiary/aromatic N) is 1. The van der Waals surface area contributed by atoms with Gasteiger partial charge in [0.05, 0.1) is 12.2 Å². The molecule has 1 amide bonds. The van der Waals surface area contributed by atoms with Crippen molar-refractivity contribution in [3.63, 3.8) is 0 Å². The summed E-state index contributed by atoms with van der Waals surface area (Å²) in [6.45, 7) is 2.29. The number of benzene rings is 2. The predicted molar refractivity (Wildman–Crippen MR) is 94.3 cm³/mol. The lowest BCUT2D eigenvalue weighted by molar-refractivity contribution is -0.118. The summed E-state index contributed by atoms with van der Waals surface area (Å²) in [4.78, 5) is 38.0. The summed E-state index contributed by atoms with van der Waals surface area (Å²) < 4.78 is 5.56. The zero-order chi connectivity index (χ0) is 17.8. The summed E-state index contributed by atoms with van der Waals surface area (Å²) in [5.41, 5.74) is 1.73. The smallest absolute Gasteiger partial charge is 0.227 e. The number of hydrogen-bond acceptors (Lipinski definition) is 4. The van der Waals surface area contributed by atoms with Crippen molar-refractivity contribution in [2.75, 3.05) is 18.1 Å². The van der Waals surface area contributed by atoms with Crippen molar-refractivity contribution in [2.24, 2.45) is 0 Å². The molecular weight excluding hydrogens is 318 g/mol. The molecule has 2 aromatic rings. The van der Waals surface area contributed by atoms with Gasteiger partial charge >= 0.3 is 0 Å². The Morgan fingerprint density at radius 3 is 2.48 bits per heavy atom. The Morgan fingerprint density at radius 2 is 1.76 bits per heavy atom. The van der Waals surface area contributed by atoms with Gasteiger partial charge in [0, 0.05) is 24.0 Å². The van der Waals surface area contributed by atoms with E-state index in [9.17, 15) is 14.4 Å². The molecule has 128 valence electrons. The molecule has 2 aromatic carbocycles.